The lowest BCUT2D eigenvalue weighted by Gasteiger charge is -2.41. The van der Waals surface area contributed by atoms with E-state index in [1.165, 1.54) is 23.1 Å². The predicted molar refractivity (Wildman–Crippen MR) is 83.3 cm³/mol. The molecule has 1 aromatic rings. The molecule has 126 valence electrons. The fourth-order valence-corrected chi connectivity index (χ4v) is 2.60. The Morgan fingerprint density at radius 1 is 1.35 bits per heavy atom. The van der Waals surface area contributed by atoms with Gasteiger partial charge >= 0.3 is 0 Å². The molecule has 0 radical (unpaired) electrons. The molecule has 0 spiro atoms. The van der Waals surface area contributed by atoms with Gasteiger partial charge in [0.1, 0.15) is 6.04 Å². The first-order valence-corrected chi connectivity index (χ1v) is 7.60. The van der Waals surface area contributed by atoms with Gasteiger partial charge in [-0.3, -0.25) is 14.5 Å². The second-order valence-electron chi connectivity index (χ2n) is 5.81. The van der Waals surface area contributed by atoms with Crippen molar-refractivity contribution in [3.05, 3.63) is 30.1 Å². The average Bonchev–Trinajstić information content (AvgIpc) is 2.53. The Morgan fingerprint density at radius 2 is 2.04 bits per heavy atom. The molecule has 23 heavy (non-hydrogen) atoms. The van der Waals surface area contributed by atoms with Crippen LogP contribution in [-0.2, 0) is 9.59 Å². The molecule has 1 aliphatic rings. The van der Waals surface area contributed by atoms with E-state index in [2.05, 4.69) is 4.90 Å². The van der Waals surface area contributed by atoms with Crippen LogP contribution in [0.15, 0.2) is 24.3 Å². The van der Waals surface area contributed by atoms with E-state index in [0.29, 0.717) is 19.6 Å². The number of rotatable bonds is 5. The number of amides is 2. The SMILES string of the molecule is CC(C)N1CCN(C(=O)COc2ccccc2F)C(C(N)=O)C1. The van der Waals surface area contributed by atoms with Gasteiger partial charge in [0, 0.05) is 25.7 Å². The molecule has 1 aliphatic heterocycles. The standard InChI is InChI=1S/C16H22FN3O3/c1-11(2)19-7-8-20(13(9-19)16(18)22)15(21)10-23-14-6-4-3-5-12(14)17/h3-6,11,13H,7-10H2,1-2H3,(H2,18,22). The lowest BCUT2D eigenvalue weighted by molar-refractivity contribution is -0.144. The third-order valence-corrected chi connectivity index (χ3v) is 3.98. The van der Waals surface area contributed by atoms with Crippen LogP contribution in [0, 0.1) is 5.82 Å². The number of piperazine rings is 1. The zero-order valence-corrected chi connectivity index (χ0v) is 13.4. The van der Waals surface area contributed by atoms with Crippen LogP contribution in [0.3, 0.4) is 0 Å². The van der Waals surface area contributed by atoms with E-state index in [1.54, 1.807) is 6.07 Å². The monoisotopic (exact) mass is 323 g/mol. The summed E-state index contributed by atoms with van der Waals surface area (Å²) < 4.78 is 18.7. The molecule has 7 heteroatoms. The maximum Gasteiger partial charge on any atom is 0.261 e. The van der Waals surface area contributed by atoms with Crippen LogP contribution >= 0.6 is 0 Å². The highest BCUT2D eigenvalue weighted by molar-refractivity contribution is 5.87. The van der Waals surface area contributed by atoms with Gasteiger partial charge in [-0.2, -0.15) is 0 Å². The summed E-state index contributed by atoms with van der Waals surface area (Å²) in [6.07, 6.45) is 0. The van der Waals surface area contributed by atoms with Crippen LogP contribution in [-0.4, -0.2) is 59.9 Å². The maximum absolute atomic E-state index is 13.5. The topological polar surface area (TPSA) is 75.9 Å². The minimum absolute atomic E-state index is 0.0114. The Hall–Kier alpha value is -2.15. The Labute approximate surface area is 135 Å². The van der Waals surface area contributed by atoms with Crippen molar-refractivity contribution in [1.29, 1.82) is 0 Å². The van der Waals surface area contributed by atoms with Crippen LogP contribution in [0.1, 0.15) is 13.8 Å². The summed E-state index contributed by atoms with van der Waals surface area (Å²) in [5, 5.41) is 0. The lowest BCUT2D eigenvalue weighted by atomic mass is 10.1. The Morgan fingerprint density at radius 3 is 2.65 bits per heavy atom. The van der Waals surface area contributed by atoms with Gasteiger partial charge in [0.15, 0.2) is 18.2 Å². The smallest absolute Gasteiger partial charge is 0.261 e. The molecular formula is C16H22FN3O3. The number of nitrogens with zero attached hydrogens (tertiary/aromatic N) is 2. The first kappa shape index (κ1) is 17.2. The van der Waals surface area contributed by atoms with Crippen LogP contribution < -0.4 is 10.5 Å². The summed E-state index contributed by atoms with van der Waals surface area (Å²) >= 11 is 0. The number of hydrogen-bond acceptors (Lipinski definition) is 4. The number of hydrogen-bond donors (Lipinski definition) is 1. The number of carbonyl (C=O) groups excluding carboxylic acids is 2. The second-order valence-corrected chi connectivity index (χ2v) is 5.81. The van der Waals surface area contributed by atoms with Crippen molar-refractivity contribution in [2.45, 2.75) is 25.9 Å². The minimum Gasteiger partial charge on any atom is -0.481 e. The van der Waals surface area contributed by atoms with Crippen molar-refractivity contribution in [3.8, 4) is 5.75 Å². The Balaban J connectivity index is 2.00. The van der Waals surface area contributed by atoms with Crippen molar-refractivity contribution in [2.75, 3.05) is 26.2 Å². The van der Waals surface area contributed by atoms with E-state index in [-0.39, 0.29) is 24.3 Å². The molecule has 2 rings (SSSR count). The summed E-state index contributed by atoms with van der Waals surface area (Å²) in [5.74, 6) is -1.44. The van der Waals surface area contributed by atoms with Gasteiger partial charge in [0.2, 0.25) is 5.91 Å². The summed E-state index contributed by atoms with van der Waals surface area (Å²) in [6.45, 7) is 5.18. The molecule has 2 N–H and O–H groups in total. The quantitative estimate of drug-likeness (QED) is 0.861. The molecule has 1 fully saturated rings. The first-order valence-electron chi connectivity index (χ1n) is 7.60. The van der Waals surface area contributed by atoms with Crippen LogP contribution in [0.5, 0.6) is 5.75 Å². The van der Waals surface area contributed by atoms with Gasteiger partial charge in [-0.15, -0.1) is 0 Å². The van der Waals surface area contributed by atoms with Crippen molar-refractivity contribution in [3.63, 3.8) is 0 Å². The van der Waals surface area contributed by atoms with E-state index in [0.717, 1.165) is 0 Å². The van der Waals surface area contributed by atoms with E-state index in [1.807, 2.05) is 13.8 Å². The van der Waals surface area contributed by atoms with Crippen molar-refractivity contribution >= 4 is 11.8 Å². The molecule has 1 aromatic carbocycles. The van der Waals surface area contributed by atoms with Crippen LogP contribution in [0.4, 0.5) is 4.39 Å². The molecule has 1 heterocycles. The maximum atomic E-state index is 13.5. The van der Waals surface area contributed by atoms with Crippen LogP contribution in [0.25, 0.3) is 0 Å². The van der Waals surface area contributed by atoms with E-state index >= 15 is 0 Å². The lowest BCUT2D eigenvalue weighted by Crippen LogP contribution is -2.61. The van der Waals surface area contributed by atoms with Gasteiger partial charge in [0.25, 0.3) is 5.91 Å². The van der Waals surface area contributed by atoms with Gasteiger partial charge in [0.05, 0.1) is 0 Å². The van der Waals surface area contributed by atoms with Crippen molar-refractivity contribution < 1.29 is 18.7 Å². The van der Waals surface area contributed by atoms with E-state index in [9.17, 15) is 14.0 Å². The van der Waals surface area contributed by atoms with Crippen LogP contribution in [0.2, 0.25) is 0 Å². The van der Waals surface area contributed by atoms with Crippen molar-refractivity contribution in [2.24, 2.45) is 5.73 Å². The number of benzene rings is 1. The summed E-state index contributed by atoms with van der Waals surface area (Å²) in [4.78, 5) is 27.5. The van der Waals surface area contributed by atoms with Crippen molar-refractivity contribution in [1.82, 2.24) is 9.80 Å². The van der Waals surface area contributed by atoms with E-state index < -0.39 is 17.8 Å². The summed E-state index contributed by atoms with van der Waals surface area (Å²) in [6, 6.07) is 5.44. The molecule has 0 aromatic heterocycles. The fraction of sp³-hybridized carbons (Fsp3) is 0.500. The number of nitrogens with two attached hydrogens (primary N) is 1. The highest BCUT2D eigenvalue weighted by Gasteiger charge is 2.34. The molecule has 2 amide bonds. The van der Waals surface area contributed by atoms with Gasteiger partial charge < -0.3 is 15.4 Å². The minimum atomic E-state index is -0.692. The Kier molecular flexibility index (Phi) is 5.54. The molecule has 0 bridgehead atoms. The number of primary amides is 1. The third kappa shape index (κ3) is 4.19. The molecular weight excluding hydrogens is 301 g/mol. The average molecular weight is 323 g/mol. The summed E-state index contributed by atoms with van der Waals surface area (Å²) in [5.41, 5.74) is 5.43. The zero-order chi connectivity index (χ0) is 17.0. The summed E-state index contributed by atoms with van der Waals surface area (Å²) in [7, 11) is 0. The van der Waals surface area contributed by atoms with E-state index in [4.69, 9.17) is 10.5 Å². The first-order chi connectivity index (χ1) is 10.9. The molecule has 6 nitrogen and oxygen atoms in total. The number of ether oxygens (including phenoxy) is 1. The normalized spacial score (nSPS) is 19.0. The highest BCUT2D eigenvalue weighted by Crippen LogP contribution is 2.17. The molecule has 1 unspecified atom stereocenters. The van der Waals surface area contributed by atoms with Gasteiger partial charge in [-0.1, -0.05) is 12.1 Å². The second kappa shape index (κ2) is 7.41. The highest BCUT2D eigenvalue weighted by atomic mass is 19.1. The zero-order valence-electron chi connectivity index (χ0n) is 13.4. The molecule has 1 atom stereocenters. The van der Waals surface area contributed by atoms with Gasteiger partial charge in [-0.25, -0.2) is 4.39 Å². The Bertz CT molecular complexity index is 579. The van der Waals surface area contributed by atoms with Gasteiger partial charge in [-0.05, 0) is 26.0 Å². The third-order valence-electron chi connectivity index (χ3n) is 3.98. The molecule has 0 saturated carbocycles. The number of halogens is 1. The fourth-order valence-electron chi connectivity index (χ4n) is 2.60. The molecule has 0 aliphatic carbocycles. The predicted octanol–water partition coefficient (Wildman–Crippen LogP) is 0.611. The molecule has 1 saturated heterocycles. The largest absolute Gasteiger partial charge is 0.481 e. The number of para-hydroxylation sites is 1. The number of carbonyl (C=O) groups is 2.